The number of nitrogens with zero attached hydrogens (tertiary/aromatic N) is 2. The Morgan fingerprint density at radius 2 is 1.94 bits per heavy atom. The molecule has 0 fully saturated rings. The first-order valence-electron chi connectivity index (χ1n) is 9.89. The third kappa shape index (κ3) is 4.07. The Balaban J connectivity index is 1.62. The molecule has 1 N–H and O–H groups in total. The average Bonchev–Trinajstić information content (AvgIpc) is 3.10. The SMILES string of the molecule is COc1ccc(CN2C(=O)c3ccccc3[C@H]2C(=O)NCc2cccnc2)c(OC)c1. The predicted molar refractivity (Wildman–Crippen MR) is 115 cm³/mol. The Bertz CT molecular complexity index is 1100. The number of hydrogen-bond acceptors (Lipinski definition) is 5. The molecule has 1 aromatic heterocycles. The van der Waals surface area contributed by atoms with E-state index in [4.69, 9.17) is 9.47 Å². The molecule has 2 amide bonds. The summed E-state index contributed by atoms with van der Waals surface area (Å²) in [5, 5.41) is 2.94. The highest BCUT2D eigenvalue weighted by Crippen LogP contribution is 2.36. The molecule has 0 saturated carbocycles. The third-order valence-electron chi connectivity index (χ3n) is 5.33. The zero-order chi connectivity index (χ0) is 21.8. The molecule has 0 bridgehead atoms. The number of rotatable bonds is 7. The summed E-state index contributed by atoms with van der Waals surface area (Å²) in [4.78, 5) is 32.0. The smallest absolute Gasteiger partial charge is 0.255 e. The summed E-state index contributed by atoms with van der Waals surface area (Å²) in [5.41, 5.74) is 2.91. The fourth-order valence-corrected chi connectivity index (χ4v) is 3.77. The molecule has 7 heteroatoms. The van der Waals surface area contributed by atoms with Crippen LogP contribution in [0, 0.1) is 0 Å². The van der Waals surface area contributed by atoms with E-state index in [0.29, 0.717) is 29.2 Å². The van der Waals surface area contributed by atoms with Gasteiger partial charge in [0, 0.05) is 36.1 Å². The Morgan fingerprint density at radius 3 is 2.68 bits per heavy atom. The molecule has 2 heterocycles. The van der Waals surface area contributed by atoms with Crippen molar-refractivity contribution >= 4 is 11.8 Å². The summed E-state index contributed by atoms with van der Waals surface area (Å²) in [6.07, 6.45) is 3.38. The standard InChI is InChI=1S/C24H23N3O4/c1-30-18-10-9-17(21(12-18)31-2)15-27-22(19-7-3-4-8-20(19)24(27)29)23(28)26-14-16-6-5-11-25-13-16/h3-13,22H,14-15H2,1-2H3,(H,26,28)/t22-/m0/s1. The van der Waals surface area contributed by atoms with Crippen molar-refractivity contribution < 1.29 is 19.1 Å². The number of carbonyl (C=O) groups excluding carboxylic acids is 2. The van der Waals surface area contributed by atoms with Crippen molar-refractivity contribution in [3.8, 4) is 11.5 Å². The highest BCUT2D eigenvalue weighted by Gasteiger charge is 2.41. The van der Waals surface area contributed by atoms with Crippen molar-refractivity contribution in [3.63, 3.8) is 0 Å². The Kier molecular flexibility index (Phi) is 5.84. The number of methoxy groups -OCH3 is 2. The molecule has 1 aliphatic heterocycles. The van der Waals surface area contributed by atoms with Gasteiger partial charge in [-0.3, -0.25) is 14.6 Å². The Morgan fingerprint density at radius 1 is 1.10 bits per heavy atom. The van der Waals surface area contributed by atoms with E-state index < -0.39 is 6.04 Å². The summed E-state index contributed by atoms with van der Waals surface area (Å²) in [6.45, 7) is 0.560. The number of benzene rings is 2. The van der Waals surface area contributed by atoms with E-state index in [2.05, 4.69) is 10.3 Å². The third-order valence-corrected chi connectivity index (χ3v) is 5.33. The second-order valence-corrected chi connectivity index (χ2v) is 7.18. The molecule has 0 saturated heterocycles. The Hall–Kier alpha value is -3.87. The highest BCUT2D eigenvalue weighted by atomic mass is 16.5. The van der Waals surface area contributed by atoms with Crippen LogP contribution in [0.3, 0.4) is 0 Å². The molecule has 3 aromatic rings. The minimum Gasteiger partial charge on any atom is -0.497 e. The number of fused-ring (bicyclic) bond motifs is 1. The van der Waals surface area contributed by atoms with Crippen LogP contribution in [0.4, 0.5) is 0 Å². The molecule has 1 atom stereocenters. The van der Waals surface area contributed by atoms with Crippen LogP contribution in [0.15, 0.2) is 67.0 Å². The van der Waals surface area contributed by atoms with Crippen LogP contribution >= 0.6 is 0 Å². The lowest BCUT2D eigenvalue weighted by Gasteiger charge is -2.25. The average molecular weight is 417 g/mol. The van der Waals surface area contributed by atoms with Gasteiger partial charge in [-0.25, -0.2) is 0 Å². The van der Waals surface area contributed by atoms with Crippen LogP contribution in [0.1, 0.15) is 33.1 Å². The van der Waals surface area contributed by atoms with Gasteiger partial charge < -0.3 is 19.7 Å². The van der Waals surface area contributed by atoms with Crippen molar-refractivity contribution in [1.29, 1.82) is 0 Å². The zero-order valence-corrected chi connectivity index (χ0v) is 17.4. The summed E-state index contributed by atoms with van der Waals surface area (Å²) in [5.74, 6) is 0.824. The zero-order valence-electron chi connectivity index (χ0n) is 17.4. The van der Waals surface area contributed by atoms with Gasteiger partial charge >= 0.3 is 0 Å². The second kappa shape index (κ2) is 8.87. The van der Waals surface area contributed by atoms with Crippen LogP contribution < -0.4 is 14.8 Å². The van der Waals surface area contributed by atoms with Gasteiger partial charge in [-0.15, -0.1) is 0 Å². The first-order valence-corrected chi connectivity index (χ1v) is 9.89. The van der Waals surface area contributed by atoms with E-state index in [9.17, 15) is 9.59 Å². The molecule has 158 valence electrons. The summed E-state index contributed by atoms with van der Waals surface area (Å²) < 4.78 is 10.7. The van der Waals surface area contributed by atoms with Crippen molar-refractivity contribution in [1.82, 2.24) is 15.2 Å². The highest BCUT2D eigenvalue weighted by molar-refractivity contribution is 6.04. The van der Waals surface area contributed by atoms with Crippen LogP contribution in [0.5, 0.6) is 11.5 Å². The van der Waals surface area contributed by atoms with Gasteiger partial charge in [-0.2, -0.15) is 0 Å². The van der Waals surface area contributed by atoms with E-state index in [0.717, 1.165) is 11.1 Å². The second-order valence-electron chi connectivity index (χ2n) is 7.18. The van der Waals surface area contributed by atoms with Crippen LogP contribution in [-0.2, 0) is 17.9 Å². The molecular weight excluding hydrogens is 394 g/mol. The minimum absolute atomic E-state index is 0.185. The van der Waals surface area contributed by atoms with Gasteiger partial charge in [0.25, 0.3) is 5.91 Å². The fourth-order valence-electron chi connectivity index (χ4n) is 3.77. The topological polar surface area (TPSA) is 80.8 Å². The van der Waals surface area contributed by atoms with E-state index in [-0.39, 0.29) is 18.4 Å². The van der Waals surface area contributed by atoms with E-state index in [1.54, 1.807) is 49.7 Å². The van der Waals surface area contributed by atoms with Gasteiger partial charge in [0.2, 0.25) is 5.91 Å². The molecule has 31 heavy (non-hydrogen) atoms. The quantitative estimate of drug-likeness (QED) is 0.639. The van der Waals surface area contributed by atoms with Crippen molar-refractivity contribution in [3.05, 3.63) is 89.2 Å². The number of carbonyl (C=O) groups is 2. The maximum absolute atomic E-state index is 13.2. The molecule has 4 rings (SSSR count). The molecule has 2 aromatic carbocycles. The maximum Gasteiger partial charge on any atom is 0.255 e. The normalized spacial score (nSPS) is 14.8. The van der Waals surface area contributed by atoms with E-state index in [1.807, 2.05) is 36.4 Å². The molecular formula is C24H23N3O4. The Labute approximate surface area is 180 Å². The lowest BCUT2D eigenvalue weighted by Crippen LogP contribution is -2.38. The van der Waals surface area contributed by atoms with E-state index >= 15 is 0 Å². The van der Waals surface area contributed by atoms with Crippen LogP contribution in [0.2, 0.25) is 0 Å². The molecule has 0 aliphatic carbocycles. The molecule has 0 unspecified atom stereocenters. The molecule has 1 aliphatic rings. The number of pyridine rings is 1. The summed E-state index contributed by atoms with van der Waals surface area (Å²) in [6, 6.07) is 15.6. The van der Waals surface area contributed by atoms with Gasteiger partial charge in [-0.05, 0) is 35.4 Å². The predicted octanol–water partition coefficient (Wildman–Crippen LogP) is 3.11. The minimum atomic E-state index is -0.729. The van der Waals surface area contributed by atoms with E-state index in [1.165, 1.54) is 0 Å². The largest absolute Gasteiger partial charge is 0.497 e. The number of amides is 2. The monoisotopic (exact) mass is 417 g/mol. The number of ether oxygens (including phenoxy) is 2. The fraction of sp³-hybridized carbons (Fsp3) is 0.208. The van der Waals surface area contributed by atoms with Gasteiger partial charge in [0.15, 0.2) is 0 Å². The van der Waals surface area contributed by atoms with Gasteiger partial charge in [-0.1, -0.05) is 24.3 Å². The van der Waals surface area contributed by atoms with Crippen LogP contribution in [0.25, 0.3) is 0 Å². The lowest BCUT2D eigenvalue weighted by atomic mass is 10.0. The van der Waals surface area contributed by atoms with Crippen molar-refractivity contribution in [2.75, 3.05) is 14.2 Å². The summed E-state index contributed by atoms with van der Waals surface area (Å²) >= 11 is 0. The van der Waals surface area contributed by atoms with Crippen LogP contribution in [-0.4, -0.2) is 35.9 Å². The maximum atomic E-state index is 13.2. The molecule has 0 radical (unpaired) electrons. The first kappa shape index (κ1) is 20.4. The van der Waals surface area contributed by atoms with Crippen molar-refractivity contribution in [2.45, 2.75) is 19.1 Å². The van der Waals surface area contributed by atoms with Gasteiger partial charge in [0.05, 0.1) is 20.8 Å². The number of hydrogen-bond donors (Lipinski definition) is 1. The van der Waals surface area contributed by atoms with Crippen molar-refractivity contribution in [2.24, 2.45) is 0 Å². The number of nitrogens with one attached hydrogen (secondary N) is 1. The number of aromatic nitrogens is 1. The molecule has 0 spiro atoms. The first-order chi connectivity index (χ1) is 15.1. The van der Waals surface area contributed by atoms with Gasteiger partial charge in [0.1, 0.15) is 17.5 Å². The summed E-state index contributed by atoms with van der Waals surface area (Å²) in [7, 11) is 3.15. The lowest BCUT2D eigenvalue weighted by molar-refractivity contribution is -0.125. The molecule has 7 nitrogen and oxygen atoms in total.